The number of quaternary nitrogens is 1. The van der Waals surface area contributed by atoms with Crippen molar-refractivity contribution in [1.29, 1.82) is 0 Å². The molecule has 0 aliphatic heterocycles. The molecule has 22 heavy (non-hydrogen) atoms. The molecular formula is C18H37NO3. The largest absolute Gasteiger partial charge is 0.550 e. The third-order valence-electron chi connectivity index (χ3n) is 3.75. The van der Waals surface area contributed by atoms with E-state index in [1.165, 1.54) is 51.4 Å². The zero-order chi connectivity index (χ0) is 16.8. The number of ether oxygens (including phenoxy) is 1. The number of likely N-dealkylation sites (N-methyl/N-ethyl adjacent to an activating group) is 1. The van der Waals surface area contributed by atoms with E-state index in [1.54, 1.807) is 0 Å². The lowest BCUT2D eigenvalue weighted by atomic mass is 10.1. The standard InChI is InChI=1S/C18H37NO3/c1-5-6-7-8-9-10-11-12-13-14-22-17(15-18(20)21)16-19(2,3)4/h17H,5-16H2,1-4H3. The zero-order valence-electron chi connectivity index (χ0n) is 15.2. The van der Waals surface area contributed by atoms with Crippen LogP contribution in [0.2, 0.25) is 0 Å². The molecule has 0 aliphatic carbocycles. The molecule has 0 aromatic rings. The molecule has 0 heterocycles. The van der Waals surface area contributed by atoms with Crippen molar-refractivity contribution in [3.8, 4) is 0 Å². The van der Waals surface area contributed by atoms with E-state index in [0.717, 1.165) is 6.42 Å². The van der Waals surface area contributed by atoms with Crippen LogP contribution in [-0.4, -0.2) is 50.9 Å². The summed E-state index contributed by atoms with van der Waals surface area (Å²) in [4.78, 5) is 10.8. The first kappa shape index (κ1) is 21.4. The topological polar surface area (TPSA) is 49.4 Å². The second kappa shape index (κ2) is 12.9. The molecule has 0 N–H and O–H groups in total. The van der Waals surface area contributed by atoms with Gasteiger partial charge in [0.25, 0.3) is 0 Å². The lowest BCUT2D eigenvalue weighted by Crippen LogP contribution is -2.44. The predicted molar refractivity (Wildman–Crippen MR) is 89.5 cm³/mol. The van der Waals surface area contributed by atoms with Crippen LogP contribution in [0.3, 0.4) is 0 Å². The monoisotopic (exact) mass is 315 g/mol. The number of carbonyl (C=O) groups excluding carboxylic acids is 1. The Balaban J connectivity index is 3.61. The molecule has 0 saturated carbocycles. The van der Waals surface area contributed by atoms with Crippen molar-refractivity contribution in [2.45, 2.75) is 77.2 Å². The van der Waals surface area contributed by atoms with Crippen molar-refractivity contribution in [2.24, 2.45) is 0 Å². The maximum atomic E-state index is 10.8. The van der Waals surface area contributed by atoms with Crippen LogP contribution < -0.4 is 5.11 Å². The molecule has 1 atom stereocenters. The van der Waals surface area contributed by atoms with Gasteiger partial charge in [-0.3, -0.25) is 0 Å². The highest BCUT2D eigenvalue weighted by Crippen LogP contribution is 2.10. The molecule has 0 radical (unpaired) electrons. The SMILES string of the molecule is CCCCCCCCCCCOC(CC(=O)[O-])C[N+](C)(C)C. The van der Waals surface area contributed by atoms with Crippen LogP contribution in [0, 0.1) is 0 Å². The van der Waals surface area contributed by atoms with Crippen molar-refractivity contribution in [2.75, 3.05) is 34.3 Å². The van der Waals surface area contributed by atoms with E-state index >= 15 is 0 Å². The molecule has 0 amide bonds. The van der Waals surface area contributed by atoms with Gasteiger partial charge in [0, 0.05) is 19.0 Å². The quantitative estimate of drug-likeness (QED) is 0.345. The molecule has 4 heteroatoms. The molecule has 0 saturated heterocycles. The van der Waals surface area contributed by atoms with Gasteiger partial charge in [-0.15, -0.1) is 0 Å². The Kier molecular flexibility index (Phi) is 12.5. The summed E-state index contributed by atoms with van der Waals surface area (Å²) in [6, 6.07) is 0. The molecular weight excluding hydrogens is 278 g/mol. The molecule has 1 unspecified atom stereocenters. The van der Waals surface area contributed by atoms with E-state index < -0.39 is 5.97 Å². The predicted octanol–water partition coefficient (Wildman–Crippen LogP) is 2.75. The third-order valence-corrected chi connectivity index (χ3v) is 3.75. The summed E-state index contributed by atoms with van der Waals surface area (Å²) in [7, 11) is 6.14. The number of rotatable bonds is 15. The van der Waals surface area contributed by atoms with Crippen LogP contribution in [0.25, 0.3) is 0 Å². The first-order chi connectivity index (χ1) is 10.3. The van der Waals surface area contributed by atoms with E-state index in [0.29, 0.717) is 17.6 Å². The van der Waals surface area contributed by atoms with Crippen LogP contribution in [0.15, 0.2) is 0 Å². The Bertz CT molecular complexity index is 274. The summed E-state index contributed by atoms with van der Waals surface area (Å²) < 4.78 is 6.46. The minimum atomic E-state index is -1.02. The van der Waals surface area contributed by atoms with Gasteiger partial charge in [0.2, 0.25) is 0 Å². The van der Waals surface area contributed by atoms with E-state index in [2.05, 4.69) is 6.92 Å². The van der Waals surface area contributed by atoms with Gasteiger partial charge in [-0.05, 0) is 6.42 Å². The van der Waals surface area contributed by atoms with Crippen molar-refractivity contribution in [3.05, 3.63) is 0 Å². The third kappa shape index (κ3) is 15.8. The Labute approximate surface area is 137 Å². The fourth-order valence-electron chi connectivity index (χ4n) is 2.64. The first-order valence-electron chi connectivity index (χ1n) is 8.97. The summed E-state index contributed by atoms with van der Waals surface area (Å²) in [5.41, 5.74) is 0. The van der Waals surface area contributed by atoms with Gasteiger partial charge >= 0.3 is 0 Å². The van der Waals surface area contributed by atoms with Crippen molar-refractivity contribution in [3.63, 3.8) is 0 Å². The molecule has 0 aromatic heterocycles. The van der Waals surface area contributed by atoms with Crippen molar-refractivity contribution < 1.29 is 19.1 Å². The number of aliphatic carboxylic acids is 1. The number of carbonyl (C=O) groups is 1. The average Bonchev–Trinajstić information content (AvgIpc) is 2.38. The van der Waals surface area contributed by atoms with Crippen LogP contribution in [-0.2, 0) is 9.53 Å². The van der Waals surface area contributed by atoms with E-state index in [9.17, 15) is 9.90 Å². The van der Waals surface area contributed by atoms with Crippen LogP contribution >= 0.6 is 0 Å². The minimum absolute atomic E-state index is 0.00700. The highest BCUT2D eigenvalue weighted by molar-refractivity contribution is 5.64. The molecule has 0 rings (SSSR count). The molecule has 0 bridgehead atoms. The number of unbranched alkanes of at least 4 members (excludes halogenated alkanes) is 8. The molecule has 4 nitrogen and oxygen atoms in total. The van der Waals surface area contributed by atoms with Gasteiger partial charge in [0.15, 0.2) is 0 Å². The molecule has 0 aromatic carbocycles. The van der Waals surface area contributed by atoms with Gasteiger partial charge in [-0.25, -0.2) is 0 Å². The summed E-state index contributed by atoms with van der Waals surface area (Å²) in [5.74, 6) is -1.02. The summed E-state index contributed by atoms with van der Waals surface area (Å²) in [5, 5.41) is 10.8. The molecule has 0 fully saturated rings. The van der Waals surface area contributed by atoms with Gasteiger partial charge in [-0.1, -0.05) is 58.3 Å². The Morgan fingerprint density at radius 2 is 1.45 bits per heavy atom. The Hall–Kier alpha value is -0.610. The second-order valence-corrected chi connectivity index (χ2v) is 7.37. The van der Waals surface area contributed by atoms with Crippen LogP contribution in [0.4, 0.5) is 0 Å². The Morgan fingerprint density at radius 3 is 1.91 bits per heavy atom. The fraction of sp³-hybridized carbons (Fsp3) is 0.944. The van der Waals surface area contributed by atoms with Crippen molar-refractivity contribution in [1.82, 2.24) is 0 Å². The number of hydrogen-bond donors (Lipinski definition) is 0. The Morgan fingerprint density at radius 1 is 0.955 bits per heavy atom. The normalized spacial score (nSPS) is 13.3. The average molecular weight is 315 g/mol. The van der Waals surface area contributed by atoms with Gasteiger partial charge in [0.1, 0.15) is 12.6 Å². The van der Waals surface area contributed by atoms with Gasteiger partial charge in [-0.2, -0.15) is 0 Å². The van der Waals surface area contributed by atoms with E-state index in [1.807, 2.05) is 21.1 Å². The lowest BCUT2D eigenvalue weighted by Gasteiger charge is -2.29. The molecule has 132 valence electrons. The summed E-state index contributed by atoms with van der Waals surface area (Å²) >= 11 is 0. The smallest absolute Gasteiger partial charge is 0.112 e. The fourth-order valence-corrected chi connectivity index (χ4v) is 2.64. The molecule has 0 aliphatic rings. The first-order valence-corrected chi connectivity index (χ1v) is 8.97. The van der Waals surface area contributed by atoms with Crippen molar-refractivity contribution >= 4 is 5.97 Å². The summed E-state index contributed by atoms with van der Waals surface area (Å²) in [6.45, 7) is 3.60. The van der Waals surface area contributed by atoms with Crippen LogP contribution in [0.1, 0.15) is 71.1 Å². The highest BCUT2D eigenvalue weighted by Gasteiger charge is 2.18. The highest BCUT2D eigenvalue weighted by atomic mass is 16.5. The van der Waals surface area contributed by atoms with Gasteiger partial charge < -0.3 is 19.1 Å². The maximum Gasteiger partial charge on any atom is 0.112 e. The van der Waals surface area contributed by atoms with Crippen LogP contribution in [0.5, 0.6) is 0 Å². The number of carboxylic acid groups (broad SMARTS) is 1. The van der Waals surface area contributed by atoms with E-state index in [-0.39, 0.29) is 12.5 Å². The maximum absolute atomic E-state index is 10.8. The zero-order valence-corrected chi connectivity index (χ0v) is 15.2. The number of carboxylic acids is 1. The second-order valence-electron chi connectivity index (χ2n) is 7.37. The summed E-state index contributed by atoms with van der Waals surface area (Å²) in [6.07, 6.45) is 11.3. The lowest BCUT2D eigenvalue weighted by molar-refractivity contribution is -0.873. The van der Waals surface area contributed by atoms with E-state index in [4.69, 9.17) is 4.74 Å². The van der Waals surface area contributed by atoms with Gasteiger partial charge in [0.05, 0.1) is 21.1 Å². The minimum Gasteiger partial charge on any atom is -0.550 e. The molecule has 0 spiro atoms. The number of nitrogens with zero attached hydrogens (tertiary/aromatic N) is 1. The number of hydrogen-bond acceptors (Lipinski definition) is 3.